The number of nitrogens with zero attached hydrogens (tertiary/aromatic N) is 1. The fourth-order valence-electron chi connectivity index (χ4n) is 1.15. The van der Waals surface area contributed by atoms with E-state index in [1.165, 1.54) is 7.05 Å². The lowest BCUT2D eigenvalue weighted by atomic mass is 10.3. The fourth-order valence-corrected chi connectivity index (χ4v) is 1.72. The molecule has 1 aromatic heterocycles. The van der Waals surface area contributed by atoms with Gasteiger partial charge in [0.2, 0.25) is 10.0 Å². The number of anilines is 2. The van der Waals surface area contributed by atoms with Gasteiger partial charge in [0.15, 0.2) is 0 Å². The quantitative estimate of drug-likeness (QED) is 0.674. The van der Waals surface area contributed by atoms with E-state index in [0.29, 0.717) is 11.5 Å². The van der Waals surface area contributed by atoms with Gasteiger partial charge in [-0.3, -0.25) is 0 Å². The zero-order valence-electron chi connectivity index (χ0n) is 9.32. The maximum absolute atomic E-state index is 11.1. The smallest absolute Gasteiger partial charge is 0.213 e. The number of pyridine rings is 1. The van der Waals surface area contributed by atoms with Crippen molar-refractivity contribution in [3.8, 4) is 0 Å². The number of nitrogens with two attached hydrogens (primary N) is 1. The Morgan fingerprint density at radius 1 is 1.50 bits per heavy atom. The first-order chi connectivity index (χ1) is 7.44. The summed E-state index contributed by atoms with van der Waals surface area (Å²) in [7, 11) is -1.81. The van der Waals surface area contributed by atoms with Crippen LogP contribution in [0.3, 0.4) is 0 Å². The van der Waals surface area contributed by atoms with Crippen LogP contribution in [-0.4, -0.2) is 32.7 Å². The average molecular weight is 244 g/mol. The van der Waals surface area contributed by atoms with E-state index >= 15 is 0 Å². The van der Waals surface area contributed by atoms with Gasteiger partial charge in [-0.1, -0.05) is 0 Å². The molecule has 0 amide bonds. The summed E-state index contributed by atoms with van der Waals surface area (Å²) >= 11 is 0. The van der Waals surface area contributed by atoms with E-state index in [4.69, 9.17) is 5.73 Å². The second kappa shape index (κ2) is 5.13. The molecule has 6 nitrogen and oxygen atoms in total. The maximum Gasteiger partial charge on any atom is 0.213 e. The summed E-state index contributed by atoms with van der Waals surface area (Å²) in [6, 6.07) is 1.78. The molecule has 0 aliphatic carbocycles. The van der Waals surface area contributed by atoms with Crippen molar-refractivity contribution < 1.29 is 8.42 Å². The molecule has 1 rings (SSSR count). The third-order valence-corrected chi connectivity index (χ3v) is 3.39. The summed E-state index contributed by atoms with van der Waals surface area (Å²) in [4.78, 5) is 4.07. The van der Waals surface area contributed by atoms with Crippen molar-refractivity contribution >= 4 is 21.5 Å². The minimum atomic E-state index is -3.19. The van der Waals surface area contributed by atoms with Gasteiger partial charge in [0.25, 0.3) is 0 Å². The number of hydrogen-bond acceptors (Lipinski definition) is 5. The Morgan fingerprint density at radius 3 is 2.75 bits per heavy atom. The van der Waals surface area contributed by atoms with Crippen LogP contribution < -0.4 is 15.8 Å². The van der Waals surface area contributed by atoms with E-state index in [0.717, 1.165) is 5.56 Å². The molecule has 7 heteroatoms. The van der Waals surface area contributed by atoms with Crippen molar-refractivity contribution in [2.24, 2.45) is 0 Å². The largest absolute Gasteiger partial charge is 0.396 e. The molecule has 1 aromatic rings. The van der Waals surface area contributed by atoms with Crippen LogP contribution in [-0.2, 0) is 10.0 Å². The van der Waals surface area contributed by atoms with Crippen LogP contribution in [0.1, 0.15) is 5.56 Å². The molecule has 0 fully saturated rings. The predicted octanol–water partition coefficient (Wildman–Crippen LogP) is -0.0667. The van der Waals surface area contributed by atoms with Crippen molar-refractivity contribution in [1.29, 1.82) is 0 Å². The normalized spacial score (nSPS) is 11.4. The number of sulfonamides is 1. The van der Waals surface area contributed by atoms with Gasteiger partial charge >= 0.3 is 0 Å². The maximum atomic E-state index is 11.1. The molecule has 0 aliphatic rings. The van der Waals surface area contributed by atoms with E-state index in [2.05, 4.69) is 15.0 Å². The highest BCUT2D eigenvalue weighted by Gasteiger charge is 2.07. The molecular formula is C9H16N4O2S. The Bertz CT molecular complexity index is 459. The molecule has 0 saturated heterocycles. The van der Waals surface area contributed by atoms with Crippen LogP contribution in [0.25, 0.3) is 0 Å². The molecular weight excluding hydrogens is 228 g/mol. The van der Waals surface area contributed by atoms with Gasteiger partial charge in [-0.15, -0.1) is 0 Å². The number of aryl methyl sites for hydroxylation is 1. The van der Waals surface area contributed by atoms with Crippen molar-refractivity contribution in [3.63, 3.8) is 0 Å². The monoisotopic (exact) mass is 244 g/mol. The number of nitrogens with one attached hydrogen (secondary N) is 2. The van der Waals surface area contributed by atoms with Crippen LogP contribution in [0.2, 0.25) is 0 Å². The van der Waals surface area contributed by atoms with Crippen LogP contribution >= 0.6 is 0 Å². The van der Waals surface area contributed by atoms with Crippen molar-refractivity contribution in [2.75, 3.05) is 30.4 Å². The Morgan fingerprint density at radius 2 is 2.19 bits per heavy atom. The SMILES string of the molecule is CNS(=O)(=O)CCNc1ncc(C)cc1N. The zero-order valence-corrected chi connectivity index (χ0v) is 10.1. The molecule has 0 bridgehead atoms. The lowest BCUT2D eigenvalue weighted by molar-refractivity contribution is 0.588. The van der Waals surface area contributed by atoms with E-state index in [-0.39, 0.29) is 12.3 Å². The summed E-state index contributed by atoms with van der Waals surface area (Å²) in [6.45, 7) is 2.15. The molecule has 0 saturated carbocycles. The molecule has 1 heterocycles. The molecule has 0 aliphatic heterocycles. The molecule has 16 heavy (non-hydrogen) atoms. The van der Waals surface area contributed by atoms with Crippen LogP contribution in [0.5, 0.6) is 0 Å². The zero-order chi connectivity index (χ0) is 12.2. The minimum absolute atomic E-state index is 0.0154. The van der Waals surface area contributed by atoms with Crippen molar-refractivity contribution in [2.45, 2.75) is 6.92 Å². The third-order valence-electron chi connectivity index (χ3n) is 2.03. The summed E-state index contributed by atoms with van der Waals surface area (Å²) in [5, 5.41) is 2.88. The molecule has 0 unspecified atom stereocenters. The number of rotatable bonds is 5. The molecule has 0 spiro atoms. The van der Waals surface area contributed by atoms with Crippen LogP contribution in [0.15, 0.2) is 12.3 Å². The second-order valence-electron chi connectivity index (χ2n) is 3.40. The first-order valence-electron chi connectivity index (χ1n) is 4.82. The minimum Gasteiger partial charge on any atom is -0.396 e. The molecule has 0 radical (unpaired) electrons. The summed E-state index contributed by atoms with van der Waals surface area (Å²) in [5.41, 5.74) is 7.19. The Labute approximate surface area is 95.3 Å². The Kier molecular flexibility index (Phi) is 4.08. The van der Waals surface area contributed by atoms with Gasteiger partial charge in [0.05, 0.1) is 11.4 Å². The topological polar surface area (TPSA) is 97.1 Å². The highest BCUT2D eigenvalue weighted by molar-refractivity contribution is 7.89. The molecule has 4 N–H and O–H groups in total. The summed E-state index contributed by atoms with van der Waals surface area (Å²) in [6.07, 6.45) is 1.67. The van der Waals surface area contributed by atoms with Crippen LogP contribution in [0.4, 0.5) is 11.5 Å². The predicted molar refractivity (Wildman–Crippen MR) is 64.7 cm³/mol. The Balaban J connectivity index is 2.56. The van der Waals surface area contributed by atoms with Gasteiger partial charge in [0, 0.05) is 12.7 Å². The van der Waals surface area contributed by atoms with Gasteiger partial charge in [-0.2, -0.15) is 0 Å². The lowest BCUT2D eigenvalue weighted by Crippen LogP contribution is -2.26. The third kappa shape index (κ3) is 3.67. The highest BCUT2D eigenvalue weighted by Crippen LogP contribution is 2.15. The van der Waals surface area contributed by atoms with Crippen molar-refractivity contribution in [1.82, 2.24) is 9.71 Å². The van der Waals surface area contributed by atoms with E-state index in [1.807, 2.05) is 6.92 Å². The lowest BCUT2D eigenvalue weighted by Gasteiger charge is -2.08. The number of nitrogen functional groups attached to an aromatic ring is 1. The van der Waals surface area contributed by atoms with Crippen LogP contribution in [0, 0.1) is 6.92 Å². The fraction of sp³-hybridized carbons (Fsp3) is 0.444. The van der Waals surface area contributed by atoms with E-state index in [9.17, 15) is 8.42 Å². The average Bonchev–Trinajstić information content (AvgIpc) is 2.21. The summed E-state index contributed by atoms with van der Waals surface area (Å²) < 4.78 is 24.5. The van der Waals surface area contributed by atoms with E-state index < -0.39 is 10.0 Å². The first kappa shape index (κ1) is 12.7. The standard InChI is InChI=1S/C9H16N4O2S/c1-7-5-8(10)9(13-6-7)12-3-4-16(14,15)11-2/h5-6,11H,3-4,10H2,1-2H3,(H,12,13). The highest BCUT2D eigenvalue weighted by atomic mass is 32.2. The Hall–Kier alpha value is -1.34. The molecule has 0 atom stereocenters. The van der Waals surface area contributed by atoms with Gasteiger partial charge < -0.3 is 11.1 Å². The van der Waals surface area contributed by atoms with Gasteiger partial charge in [0.1, 0.15) is 5.82 Å². The van der Waals surface area contributed by atoms with Gasteiger partial charge in [-0.25, -0.2) is 18.1 Å². The van der Waals surface area contributed by atoms with E-state index in [1.54, 1.807) is 12.3 Å². The summed E-state index contributed by atoms with van der Waals surface area (Å²) in [5.74, 6) is 0.496. The molecule has 90 valence electrons. The second-order valence-corrected chi connectivity index (χ2v) is 5.45. The van der Waals surface area contributed by atoms with Crippen molar-refractivity contribution in [3.05, 3.63) is 17.8 Å². The number of hydrogen-bond donors (Lipinski definition) is 3. The molecule has 0 aromatic carbocycles. The first-order valence-corrected chi connectivity index (χ1v) is 6.47. The number of aromatic nitrogens is 1. The van der Waals surface area contributed by atoms with Gasteiger partial charge in [-0.05, 0) is 25.6 Å².